The highest BCUT2D eigenvalue weighted by Crippen LogP contribution is 2.10. The Morgan fingerprint density at radius 3 is 2.40 bits per heavy atom. The Labute approximate surface area is 144 Å². The van der Waals surface area contributed by atoms with Crippen molar-refractivity contribution in [3.63, 3.8) is 0 Å². The molecule has 1 heterocycles. The summed E-state index contributed by atoms with van der Waals surface area (Å²) in [5, 5.41) is 12.0. The molecular formula is C19H17N3O3. The topological polar surface area (TPSA) is 92.2 Å². The summed E-state index contributed by atoms with van der Waals surface area (Å²) in [5.74, 6) is -1.44. The fourth-order valence-corrected chi connectivity index (χ4v) is 2.53. The van der Waals surface area contributed by atoms with Gasteiger partial charge in [-0.2, -0.15) is 0 Å². The third-order valence-corrected chi connectivity index (χ3v) is 3.75. The minimum absolute atomic E-state index is 0.0771. The van der Waals surface area contributed by atoms with Crippen molar-refractivity contribution in [2.24, 2.45) is 0 Å². The van der Waals surface area contributed by atoms with Gasteiger partial charge in [0.15, 0.2) is 0 Å². The molecule has 0 aliphatic carbocycles. The zero-order chi connectivity index (χ0) is 17.6. The summed E-state index contributed by atoms with van der Waals surface area (Å²) in [6, 6.07) is 15.5. The van der Waals surface area contributed by atoms with Crippen molar-refractivity contribution < 1.29 is 14.7 Å². The number of hydrogen-bond acceptors (Lipinski definition) is 4. The van der Waals surface area contributed by atoms with E-state index in [0.29, 0.717) is 11.2 Å². The first-order valence-electron chi connectivity index (χ1n) is 7.88. The van der Waals surface area contributed by atoms with Crippen LogP contribution >= 0.6 is 0 Å². The highest BCUT2D eigenvalue weighted by molar-refractivity contribution is 5.85. The van der Waals surface area contributed by atoms with Crippen molar-refractivity contribution in [1.29, 1.82) is 0 Å². The zero-order valence-corrected chi connectivity index (χ0v) is 13.4. The number of carbonyl (C=O) groups excluding carboxylic acids is 1. The molecule has 0 radical (unpaired) electrons. The molecule has 0 fully saturated rings. The summed E-state index contributed by atoms with van der Waals surface area (Å²) in [6.45, 7) is 0. The van der Waals surface area contributed by atoms with Crippen LogP contribution in [0.25, 0.3) is 11.0 Å². The Kier molecular flexibility index (Phi) is 4.99. The predicted molar refractivity (Wildman–Crippen MR) is 93.0 cm³/mol. The van der Waals surface area contributed by atoms with E-state index < -0.39 is 12.0 Å². The van der Waals surface area contributed by atoms with Crippen LogP contribution in [0, 0.1) is 0 Å². The number of nitrogens with zero attached hydrogens (tertiary/aromatic N) is 2. The Bertz CT molecular complexity index is 897. The lowest BCUT2D eigenvalue weighted by Crippen LogP contribution is -2.43. The predicted octanol–water partition coefficient (Wildman–Crippen LogP) is 1.98. The van der Waals surface area contributed by atoms with Gasteiger partial charge in [-0.3, -0.25) is 9.78 Å². The molecule has 0 aliphatic rings. The molecule has 2 N–H and O–H groups in total. The van der Waals surface area contributed by atoms with Gasteiger partial charge in [-0.05, 0) is 17.7 Å². The number of hydrogen-bond donors (Lipinski definition) is 2. The van der Waals surface area contributed by atoms with Gasteiger partial charge >= 0.3 is 5.97 Å². The second-order valence-electron chi connectivity index (χ2n) is 5.67. The van der Waals surface area contributed by atoms with Crippen LogP contribution in [0.4, 0.5) is 0 Å². The first-order valence-corrected chi connectivity index (χ1v) is 7.88. The van der Waals surface area contributed by atoms with Crippen LogP contribution in [0.15, 0.2) is 60.8 Å². The summed E-state index contributed by atoms with van der Waals surface area (Å²) in [6.07, 6.45) is 1.75. The number of aliphatic carboxylic acids is 1. The van der Waals surface area contributed by atoms with Crippen LogP contribution in [0.3, 0.4) is 0 Å². The van der Waals surface area contributed by atoms with Crippen LogP contribution < -0.4 is 5.32 Å². The van der Waals surface area contributed by atoms with Crippen LogP contribution in [0.1, 0.15) is 11.3 Å². The van der Waals surface area contributed by atoms with Crippen molar-refractivity contribution in [3.8, 4) is 0 Å². The molecular weight excluding hydrogens is 318 g/mol. The number of carboxylic acid groups (broad SMARTS) is 1. The second-order valence-corrected chi connectivity index (χ2v) is 5.67. The molecule has 1 amide bonds. The van der Waals surface area contributed by atoms with Gasteiger partial charge in [0.05, 0.1) is 23.1 Å². The van der Waals surface area contributed by atoms with Gasteiger partial charge < -0.3 is 10.4 Å². The molecule has 1 aromatic heterocycles. The van der Waals surface area contributed by atoms with E-state index in [0.717, 1.165) is 11.1 Å². The summed E-state index contributed by atoms with van der Waals surface area (Å²) in [4.78, 5) is 32.3. The minimum Gasteiger partial charge on any atom is -0.480 e. The van der Waals surface area contributed by atoms with Crippen LogP contribution in [0.5, 0.6) is 0 Å². The third-order valence-electron chi connectivity index (χ3n) is 3.75. The Morgan fingerprint density at radius 1 is 1.00 bits per heavy atom. The quantitative estimate of drug-likeness (QED) is 0.719. The molecule has 6 nitrogen and oxygen atoms in total. The SMILES string of the molecule is O=C(Cc1ccccc1)N[C@H](Cc1cnc2ccccc2n1)C(=O)O. The van der Waals surface area contributed by atoms with Crippen LogP contribution in [-0.4, -0.2) is 33.0 Å². The van der Waals surface area contributed by atoms with Crippen LogP contribution in [0.2, 0.25) is 0 Å². The van der Waals surface area contributed by atoms with E-state index in [1.54, 1.807) is 6.20 Å². The average Bonchev–Trinajstić information content (AvgIpc) is 2.62. The molecule has 0 spiro atoms. The van der Waals surface area contributed by atoms with Gasteiger partial charge in [-0.15, -0.1) is 0 Å². The number of rotatable bonds is 6. The lowest BCUT2D eigenvalue weighted by Gasteiger charge is -2.14. The maximum atomic E-state index is 12.1. The van der Waals surface area contributed by atoms with Crippen molar-refractivity contribution in [3.05, 3.63) is 72.1 Å². The maximum absolute atomic E-state index is 12.1. The molecule has 0 bridgehead atoms. The third kappa shape index (κ3) is 4.38. The standard InChI is InChI=1S/C19H17N3O3/c23-18(10-13-6-2-1-3-7-13)22-17(19(24)25)11-14-12-20-15-8-4-5-9-16(15)21-14/h1-9,12,17H,10-11H2,(H,22,23)(H,24,25)/t17-/m1/s1. The molecule has 3 rings (SSSR count). The number of aromatic nitrogens is 2. The highest BCUT2D eigenvalue weighted by atomic mass is 16.4. The van der Waals surface area contributed by atoms with E-state index in [1.165, 1.54) is 0 Å². The fourth-order valence-electron chi connectivity index (χ4n) is 2.53. The molecule has 3 aromatic rings. The Morgan fingerprint density at radius 2 is 1.68 bits per heavy atom. The Balaban J connectivity index is 1.70. The second kappa shape index (κ2) is 7.53. The normalized spacial score (nSPS) is 11.8. The molecule has 2 aromatic carbocycles. The largest absolute Gasteiger partial charge is 0.480 e. The lowest BCUT2D eigenvalue weighted by molar-refractivity contribution is -0.141. The summed E-state index contributed by atoms with van der Waals surface area (Å²) < 4.78 is 0. The smallest absolute Gasteiger partial charge is 0.326 e. The lowest BCUT2D eigenvalue weighted by atomic mass is 10.1. The van der Waals surface area contributed by atoms with Gasteiger partial charge in [-0.1, -0.05) is 42.5 Å². The van der Waals surface area contributed by atoms with Gasteiger partial charge in [0.1, 0.15) is 6.04 Å². The number of benzene rings is 2. The molecule has 126 valence electrons. The van der Waals surface area contributed by atoms with Gasteiger partial charge in [0.25, 0.3) is 0 Å². The number of para-hydroxylation sites is 2. The highest BCUT2D eigenvalue weighted by Gasteiger charge is 2.21. The zero-order valence-electron chi connectivity index (χ0n) is 13.4. The van der Waals surface area contributed by atoms with Gasteiger partial charge in [0, 0.05) is 12.6 Å². The monoisotopic (exact) mass is 335 g/mol. The van der Waals surface area contributed by atoms with Crippen molar-refractivity contribution in [1.82, 2.24) is 15.3 Å². The van der Waals surface area contributed by atoms with Crippen molar-refractivity contribution >= 4 is 22.9 Å². The molecule has 0 saturated heterocycles. The molecule has 6 heteroatoms. The number of fused-ring (bicyclic) bond motifs is 1. The molecule has 0 unspecified atom stereocenters. The van der Waals surface area contributed by atoms with Crippen molar-refractivity contribution in [2.45, 2.75) is 18.9 Å². The number of nitrogens with one attached hydrogen (secondary N) is 1. The summed E-state index contributed by atoms with van der Waals surface area (Å²) in [7, 11) is 0. The maximum Gasteiger partial charge on any atom is 0.326 e. The molecule has 1 atom stereocenters. The molecule has 0 saturated carbocycles. The van der Waals surface area contributed by atoms with E-state index in [1.807, 2.05) is 54.6 Å². The summed E-state index contributed by atoms with van der Waals surface area (Å²) in [5.41, 5.74) is 2.78. The average molecular weight is 335 g/mol. The van der Waals surface area contributed by atoms with E-state index in [9.17, 15) is 14.7 Å². The van der Waals surface area contributed by atoms with Gasteiger partial charge in [-0.25, -0.2) is 9.78 Å². The number of amides is 1. The number of carbonyl (C=O) groups is 2. The number of carboxylic acids is 1. The van der Waals surface area contributed by atoms with Crippen LogP contribution in [-0.2, 0) is 22.4 Å². The Hall–Kier alpha value is -3.28. The van der Waals surface area contributed by atoms with E-state index in [2.05, 4.69) is 15.3 Å². The first-order chi connectivity index (χ1) is 12.1. The van der Waals surface area contributed by atoms with Crippen molar-refractivity contribution in [2.75, 3.05) is 0 Å². The molecule has 25 heavy (non-hydrogen) atoms. The van der Waals surface area contributed by atoms with E-state index in [-0.39, 0.29) is 18.7 Å². The van der Waals surface area contributed by atoms with E-state index in [4.69, 9.17) is 0 Å². The van der Waals surface area contributed by atoms with E-state index >= 15 is 0 Å². The fraction of sp³-hybridized carbons (Fsp3) is 0.158. The summed E-state index contributed by atoms with van der Waals surface area (Å²) >= 11 is 0. The van der Waals surface area contributed by atoms with Gasteiger partial charge in [0.2, 0.25) is 5.91 Å². The molecule has 0 aliphatic heterocycles. The first kappa shape index (κ1) is 16.6. The minimum atomic E-state index is -1.10.